The molecule has 1 saturated heterocycles. The van der Waals surface area contributed by atoms with E-state index in [0.29, 0.717) is 6.42 Å². The molecule has 1 aromatic carbocycles. The third kappa shape index (κ3) is 2.70. The van der Waals surface area contributed by atoms with Gasteiger partial charge in [0.05, 0.1) is 6.04 Å². The molecular weight excluding hydrogens is 304 g/mol. The molecule has 104 valence electrons. The van der Waals surface area contributed by atoms with Crippen molar-refractivity contribution in [3.8, 4) is 0 Å². The summed E-state index contributed by atoms with van der Waals surface area (Å²) in [4.78, 5) is 14.1. The van der Waals surface area contributed by atoms with Crippen molar-refractivity contribution in [2.75, 3.05) is 0 Å². The third-order valence-electron chi connectivity index (χ3n) is 3.56. The lowest BCUT2D eigenvalue weighted by Gasteiger charge is -2.38. The van der Waals surface area contributed by atoms with Crippen molar-refractivity contribution in [2.24, 2.45) is 5.73 Å². The Morgan fingerprint density at radius 2 is 2.00 bits per heavy atom. The van der Waals surface area contributed by atoms with Gasteiger partial charge in [-0.15, -0.1) is 0 Å². The van der Waals surface area contributed by atoms with E-state index in [-0.39, 0.29) is 23.5 Å². The van der Waals surface area contributed by atoms with Crippen LogP contribution in [-0.2, 0) is 4.79 Å². The number of rotatable bonds is 1. The number of carbonyl (C=O) groups excluding carboxylic acids is 1. The second-order valence-corrected chi connectivity index (χ2v) is 7.13. The number of hydrogen-bond donors (Lipinski definition) is 1. The Kier molecular flexibility index (Phi) is 3.76. The summed E-state index contributed by atoms with van der Waals surface area (Å²) >= 11 is 3.61. The average molecular weight is 325 g/mol. The molecule has 0 saturated carbocycles. The minimum Gasteiger partial charge on any atom is -0.329 e. The summed E-state index contributed by atoms with van der Waals surface area (Å²) in [6.07, 6.45) is 0.419. The first-order valence-electron chi connectivity index (χ1n) is 6.55. The van der Waals surface area contributed by atoms with Gasteiger partial charge in [-0.25, -0.2) is 0 Å². The number of likely N-dealkylation sites (tertiary alicyclic amines) is 1. The van der Waals surface area contributed by atoms with Gasteiger partial charge < -0.3 is 10.6 Å². The highest BCUT2D eigenvalue weighted by atomic mass is 79.9. The van der Waals surface area contributed by atoms with Crippen LogP contribution in [-0.4, -0.2) is 22.4 Å². The van der Waals surface area contributed by atoms with E-state index in [4.69, 9.17) is 5.73 Å². The maximum absolute atomic E-state index is 12.2. The minimum atomic E-state index is -0.222. The van der Waals surface area contributed by atoms with Crippen molar-refractivity contribution in [3.05, 3.63) is 33.8 Å². The third-order valence-corrected chi connectivity index (χ3v) is 4.25. The maximum Gasteiger partial charge on any atom is 0.225 e. The van der Waals surface area contributed by atoms with Crippen LogP contribution in [0.2, 0.25) is 0 Å². The first-order valence-corrected chi connectivity index (χ1v) is 7.35. The Labute approximate surface area is 123 Å². The Morgan fingerprint density at radius 3 is 2.53 bits per heavy atom. The number of hydrogen-bond acceptors (Lipinski definition) is 2. The van der Waals surface area contributed by atoms with Crippen molar-refractivity contribution < 1.29 is 4.79 Å². The average Bonchev–Trinajstić information content (AvgIpc) is 2.53. The minimum absolute atomic E-state index is 0.0533. The molecule has 2 N–H and O–H groups in total. The van der Waals surface area contributed by atoms with Crippen LogP contribution in [0.4, 0.5) is 0 Å². The van der Waals surface area contributed by atoms with Gasteiger partial charge in [0.25, 0.3) is 0 Å². The quantitative estimate of drug-likeness (QED) is 0.862. The van der Waals surface area contributed by atoms with Gasteiger partial charge in [0, 0.05) is 22.5 Å². The Morgan fingerprint density at radius 1 is 1.37 bits per heavy atom. The monoisotopic (exact) mass is 324 g/mol. The molecule has 2 atom stereocenters. The van der Waals surface area contributed by atoms with E-state index in [9.17, 15) is 4.79 Å². The SMILES string of the molecule is Cc1ccc(C2C(N)CC(=O)N2C(C)(C)C)c(Br)c1. The predicted molar refractivity (Wildman–Crippen MR) is 80.8 cm³/mol. The molecule has 19 heavy (non-hydrogen) atoms. The molecule has 0 radical (unpaired) electrons. The highest BCUT2D eigenvalue weighted by molar-refractivity contribution is 9.10. The smallest absolute Gasteiger partial charge is 0.225 e. The van der Waals surface area contributed by atoms with E-state index in [2.05, 4.69) is 61.8 Å². The van der Waals surface area contributed by atoms with E-state index < -0.39 is 0 Å². The summed E-state index contributed by atoms with van der Waals surface area (Å²) in [5, 5.41) is 0. The van der Waals surface area contributed by atoms with Crippen LogP contribution in [0.25, 0.3) is 0 Å². The summed E-state index contributed by atoms with van der Waals surface area (Å²) in [5.74, 6) is 0.137. The van der Waals surface area contributed by atoms with Gasteiger partial charge in [0.2, 0.25) is 5.91 Å². The van der Waals surface area contributed by atoms with E-state index in [1.54, 1.807) is 0 Å². The molecule has 4 heteroatoms. The molecule has 1 aliphatic rings. The van der Waals surface area contributed by atoms with Crippen LogP contribution in [0.5, 0.6) is 0 Å². The Balaban J connectivity index is 2.48. The number of carbonyl (C=O) groups is 1. The Hall–Kier alpha value is -0.870. The first-order chi connectivity index (χ1) is 8.71. The summed E-state index contributed by atoms with van der Waals surface area (Å²) in [7, 11) is 0. The molecule has 1 aliphatic heterocycles. The molecule has 0 bridgehead atoms. The molecule has 1 aromatic rings. The molecule has 0 spiro atoms. The van der Waals surface area contributed by atoms with Gasteiger partial charge in [-0.1, -0.05) is 28.1 Å². The lowest BCUT2D eigenvalue weighted by Crippen LogP contribution is -2.45. The van der Waals surface area contributed by atoms with Crippen LogP contribution in [0.3, 0.4) is 0 Å². The van der Waals surface area contributed by atoms with Crippen molar-refractivity contribution in [3.63, 3.8) is 0 Å². The zero-order valence-corrected chi connectivity index (χ0v) is 13.5. The number of amides is 1. The van der Waals surface area contributed by atoms with Gasteiger partial charge in [-0.2, -0.15) is 0 Å². The molecule has 1 fully saturated rings. The van der Waals surface area contributed by atoms with Crippen molar-refractivity contribution in [1.29, 1.82) is 0 Å². The topological polar surface area (TPSA) is 46.3 Å². The zero-order valence-electron chi connectivity index (χ0n) is 11.9. The highest BCUT2D eigenvalue weighted by Crippen LogP contribution is 2.40. The molecule has 0 aliphatic carbocycles. The van der Waals surface area contributed by atoms with E-state index in [1.165, 1.54) is 5.56 Å². The molecule has 2 unspecified atom stereocenters. The fourth-order valence-corrected chi connectivity index (χ4v) is 3.52. The molecule has 1 heterocycles. The lowest BCUT2D eigenvalue weighted by atomic mass is 9.96. The predicted octanol–water partition coefficient (Wildman–Crippen LogP) is 3.16. The molecule has 1 amide bonds. The Bertz CT molecular complexity index is 507. The fourth-order valence-electron chi connectivity index (χ4n) is 2.79. The van der Waals surface area contributed by atoms with Gasteiger partial charge in [-0.3, -0.25) is 4.79 Å². The summed E-state index contributed by atoms with van der Waals surface area (Å²) in [5.41, 5.74) is 8.28. The fraction of sp³-hybridized carbons (Fsp3) is 0.533. The van der Waals surface area contributed by atoms with Gasteiger partial charge >= 0.3 is 0 Å². The molecular formula is C15H21BrN2O. The van der Waals surface area contributed by atoms with Crippen LogP contribution in [0, 0.1) is 6.92 Å². The summed E-state index contributed by atoms with van der Waals surface area (Å²) in [6.45, 7) is 8.21. The standard InChI is InChI=1S/C15H21BrN2O/c1-9-5-6-10(11(16)7-9)14-12(17)8-13(19)18(14)15(2,3)4/h5-7,12,14H,8,17H2,1-4H3. The number of nitrogens with zero attached hydrogens (tertiary/aromatic N) is 1. The summed E-state index contributed by atoms with van der Waals surface area (Å²) < 4.78 is 1.02. The second-order valence-electron chi connectivity index (χ2n) is 6.27. The van der Waals surface area contributed by atoms with Gasteiger partial charge in [0.15, 0.2) is 0 Å². The van der Waals surface area contributed by atoms with Crippen LogP contribution >= 0.6 is 15.9 Å². The van der Waals surface area contributed by atoms with E-state index in [0.717, 1.165) is 10.0 Å². The summed E-state index contributed by atoms with van der Waals surface area (Å²) in [6, 6.07) is 6.01. The second kappa shape index (κ2) is 4.91. The number of halogens is 1. The molecule has 3 nitrogen and oxygen atoms in total. The van der Waals surface area contributed by atoms with E-state index in [1.807, 2.05) is 4.90 Å². The first kappa shape index (κ1) is 14.5. The lowest BCUT2D eigenvalue weighted by molar-refractivity contribution is -0.133. The number of nitrogens with two attached hydrogens (primary N) is 1. The van der Waals surface area contributed by atoms with Gasteiger partial charge in [-0.05, 0) is 44.9 Å². The van der Waals surface area contributed by atoms with E-state index >= 15 is 0 Å². The number of benzene rings is 1. The largest absolute Gasteiger partial charge is 0.329 e. The van der Waals surface area contributed by atoms with Crippen LogP contribution in [0.1, 0.15) is 44.4 Å². The number of aryl methyl sites for hydroxylation is 1. The van der Waals surface area contributed by atoms with Crippen molar-refractivity contribution in [2.45, 2.75) is 51.7 Å². The van der Waals surface area contributed by atoms with Gasteiger partial charge in [0.1, 0.15) is 0 Å². The maximum atomic E-state index is 12.2. The van der Waals surface area contributed by atoms with Crippen molar-refractivity contribution in [1.82, 2.24) is 4.90 Å². The molecule has 0 aromatic heterocycles. The normalized spacial score (nSPS) is 24.1. The highest BCUT2D eigenvalue weighted by Gasteiger charge is 2.44. The molecule has 2 rings (SSSR count). The van der Waals surface area contributed by atoms with Crippen molar-refractivity contribution >= 4 is 21.8 Å². The zero-order chi connectivity index (χ0) is 14.4. The van der Waals surface area contributed by atoms with Crippen LogP contribution < -0.4 is 5.73 Å². The van der Waals surface area contributed by atoms with Crippen LogP contribution in [0.15, 0.2) is 22.7 Å².